The molecule has 2 heterocycles. The van der Waals surface area contributed by atoms with Gasteiger partial charge >= 0.3 is 0 Å². The zero-order valence-electron chi connectivity index (χ0n) is 17.2. The summed E-state index contributed by atoms with van der Waals surface area (Å²) in [5, 5.41) is 7.54. The number of nitrogens with one attached hydrogen (secondary N) is 2. The fraction of sp³-hybridized carbons (Fsp3) is 0.773. The predicted molar refractivity (Wildman–Crippen MR) is 125 cm³/mol. The van der Waals surface area contributed by atoms with Crippen LogP contribution in [0.4, 0.5) is 0 Å². The first-order chi connectivity index (χ1) is 13.3. The van der Waals surface area contributed by atoms with Crippen LogP contribution in [0.3, 0.4) is 0 Å². The molecule has 0 aromatic carbocycles. The first-order valence-corrected chi connectivity index (χ1v) is 11.1. The van der Waals surface area contributed by atoms with Crippen LogP contribution in [0.2, 0.25) is 0 Å². The van der Waals surface area contributed by atoms with Crippen molar-refractivity contribution in [3.8, 4) is 0 Å². The van der Waals surface area contributed by atoms with Gasteiger partial charge in [0, 0.05) is 44.2 Å². The molecule has 28 heavy (non-hydrogen) atoms. The van der Waals surface area contributed by atoms with E-state index in [0.29, 0.717) is 12.1 Å². The van der Waals surface area contributed by atoms with E-state index in [1.54, 1.807) is 6.26 Å². The van der Waals surface area contributed by atoms with Gasteiger partial charge in [0.2, 0.25) is 0 Å². The van der Waals surface area contributed by atoms with Crippen LogP contribution in [-0.2, 0) is 6.42 Å². The zero-order valence-corrected chi connectivity index (χ0v) is 19.6. The molecule has 2 atom stereocenters. The molecule has 0 spiro atoms. The first kappa shape index (κ1) is 21.9. The van der Waals surface area contributed by atoms with Crippen molar-refractivity contribution >= 4 is 29.9 Å². The highest BCUT2D eigenvalue weighted by Gasteiger charge is 2.32. The standard InChI is InChI=1S/C22H36N4O.HI/c1-17-5-2-3-7-21(17)25-22(23-13-10-20-6-4-16-27-20)24-18-11-14-26(15-12-18)19-8-9-19;/h4,6,16-19,21H,2-3,5,7-15H2,1H3,(H2,23,24,25);1H. The molecule has 3 aliphatic rings. The van der Waals surface area contributed by atoms with Crippen molar-refractivity contribution in [2.24, 2.45) is 10.9 Å². The summed E-state index contributed by atoms with van der Waals surface area (Å²) in [6.07, 6.45) is 13.2. The van der Waals surface area contributed by atoms with Gasteiger partial charge in [-0.25, -0.2) is 0 Å². The Morgan fingerprint density at radius 1 is 1.11 bits per heavy atom. The van der Waals surface area contributed by atoms with Crippen LogP contribution in [0.25, 0.3) is 0 Å². The molecule has 1 aromatic rings. The van der Waals surface area contributed by atoms with Gasteiger partial charge in [-0.2, -0.15) is 0 Å². The molecule has 4 rings (SSSR count). The lowest BCUT2D eigenvalue weighted by Gasteiger charge is -2.35. The molecule has 1 aliphatic heterocycles. The van der Waals surface area contributed by atoms with Crippen molar-refractivity contribution in [2.75, 3.05) is 19.6 Å². The Balaban J connectivity index is 0.00000225. The molecule has 2 aliphatic carbocycles. The number of guanidine groups is 1. The van der Waals surface area contributed by atoms with Gasteiger partial charge in [0.25, 0.3) is 0 Å². The van der Waals surface area contributed by atoms with Crippen molar-refractivity contribution in [1.82, 2.24) is 15.5 Å². The zero-order chi connectivity index (χ0) is 18.5. The number of nitrogens with zero attached hydrogens (tertiary/aromatic N) is 2. The second kappa shape index (κ2) is 10.9. The third kappa shape index (κ3) is 6.37. The highest BCUT2D eigenvalue weighted by Crippen LogP contribution is 2.29. The molecule has 5 nitrogen and oxygen atoms in total. The smallest absolute Gasteiger partial charge is 0.191 e. The van der Waals surface area contributed by atoms with Gasteiger partial charge in [0.1, 0.15) is 5.76 Å². The monoisotopic (exact) mass is 500 g/mol. The molecule has 2 saturated carbocycles. The largest absolute Gasteiger partial charge is 0.469 e. The Labute approximate surface area is 187 Å². The van der Waals surface area contributed by atoms with Crippen LogP contribution in [0, 0.1) is 5.92 Å². The Bertz CT molecular complexity index is 594. The van der Waals surface area contributed by atoms with E-state index in [2.05, 4.69) is 22.5 Å². The van der Waals surface area contributed by atoms with Gasteiger partial charge in [-0.15, -0.1) is 24.0 Å². The van der Waals surface area contributed by atoms with E-state index < -0.39 is 0 Å². The third-order valence-electron chi connectivity index (χ3n) is 6.58. The highest BCUT2D eigenvalue weighted by atomic mass is 127. The van der Waals surface area contributed by atoms with Crippen LogP contribution in [-0.4, -0.2) is 48.6 Å². The van der Waals surface area contributed by atoms with Gasteiger partial charge in [-0.05, 0) is 56.6 Å². The molecule has 158 valence electrons. The summed E-state index contributed by atoms with van der Waals surface area (Å²) >= 11 is 0. The number of likely N-dealkylation sites (tertiary alicyclic amines) is 1. The summed E-state index contributed by atoms with van der Waals surface area (Å²) in [6.45, 7) is 5.62. The minimum absolute atomic E-state index is 0. The van der Waals surface area contributed by atoms with E-state index in [9.17, 15) is 0 Å². The number of aliphatic imine (C=N–C) groups is 1. The van der Waals surface area contributed by atoms with Crippen molar-refractivity contribution in [3.63, 3.8) is 0 Å². The minimum Gasteiger partial charge on any atom is -0.469 e. The maximum Gasteiger partial charge on any atom is 0.191 e. The van der Waals surface area contributed by atoms with Gasteiger partial charge < -0.3 is 20.0 Å². The van der Waals surface area contributed by atoms with E-state index in [-0.39, 0.29) is 24.0 Å². The van der Waals surface area contributed by atoms with Crippen LogP contribution in [0.1, 0.15) is 64.1 Å². The lowest BCUT2D eigenvalue weighted by Crippen LogP contribution is -2.52. The molecule has 0 bridgehead atoms. The lowest BCUT2D eigenvalue weighted by atomic mass is 9.86. The number of furan rings is 1. The minimum atomic E-state index is 0. The molecule has 2 N–H and O–H groups in total. The van der Waals surface area contributed by atoms with Gasteiger partial charge in [-0.3, -0.25) is 4.99 Å². The Kier molecular flexibility index (Phi) is 8.51. The topological polar surface area (TPSA) is 52.8 Å². The number of rotatable bonds is 6. The van der Waals surface area contributed by atoms with Crippen LogP contribution in [0.15, 0.2) is 27.8 Å². The Morgan fingerprint density at radius 2 is 1.89 bits per heavy atom. The number of hydrogen-bond donors (Lipinski definition) is 2. The second-order valence-electron chi connectivity index (χ2n) is 8.76. The van der Waals surface area contributed by atoms with Gasteiger partial charge in [0.15, 0.2) is 5.96 Å². The van der Waals surface area contributed by atoms with E-state index in [1.165, 1.54) is 64.5 Å². The quantitative estimate of drug-likeness (QED) is 0.350. The summed E-state index contributed by atoms with van der Waals surface area (Å²) < 4.78 is 5.46. The van der Waals surface area contributed by atoms with E-state index in [4.69, 9.17) is 9.41 Å². The SMILES string of the molecule is CC1CCCCC1NC(=NCCc1ccco1)NC1CCN(C2CC2)CC1.I. The fourth-order valence-electron chi connectivity index (χ4n) is 4.61. The molecule has 2 unspecified atom stereocenters. The summed E-state index contributed by atoms with van der Waals surface area (Å²) in [5.41, 5.74) is 0. The van der Waals surface area contributed by atoms with Crippen molar-refractivity contribution in [3.05, 3.63) is 24.2 Å². The molecule has 6 heteroatoms. The van der Waals surface area contributed by atoms with Crippen molar-refractivity contribution in [1.29, 1.82) is 0 Å². The molecule has 1 aromatic heterocycles. The van der Waals surface area contributed by atoms with Crippen molar-refractivity contribution < 1.29 is 4.42 Å². The maximum atomic E-state index is 5.46. The van der Waals surface area contributed by atoms with Gasteiger partial charge in [0.05, 0.1) is 6.26 Å². The van der Waals surface area contributed by atoms with E-state index in [1.807, 2.05) is 12.1 Å². The van der Waals surface area contributed by atoms with Crippen LogP contribution >= 0.6 is 24.0 Å². The summed E-state index contributed by atoms with van der Waals surface area (Å²) in [5.74, 6) is 2.76. The normalized spacial score (nSPS) is 27.2. The second-order valence-corrected chi connectivity index (χ2v) is 8.76. The fourth-order valence-corrected chi connectivity index (χ4v) is 4.61. The number of piperidine rings is 1. The van der Waals surface area contributed by atoms with E-state index >= 15 is 0 Å². The Hall–Kier alpha value is -0.760. The predicted octanol–water partition coefficient (Wildman–Crippen LogP) is 4.18. The molecule has 3 fully saturated rings. The first-order valence-electron chi connectivity index (χ1n) is 11.1. The average molecular weight is 500 g/mol. The lowest BCUT2D eigenvalue weighted by molar-refractivity contribution is 0.196. The molecule has 1 saturated heterocycles. The molecular weight excluding hydrogens is 463 g/mol. The molecular formula is C22H37IN4O. The average Bonchev–Trinajstić information content (AvgIpc) is 3.40. The molecule has 0 amide bonds. The number of halogens is 1. The summed E-state index contributed by atoms with van der Waals surface area (Å²) in [6, 6.07) is 5.99. The van der Waals surface area contributed by atoms with Crippen LogP contribution < -0.4 is 10.6 Å². The highest BCUT2D eigenvalue weighted by molar-refractivity contribution is 14.0. The molecule has 0 radical (unpaired) electrons. The number of hydrogen-bond acceptors (Lipinski definition) is 3. The van der Waals surface area contributed by atoms with E-state index in [0.717, 1.165) is 36.6 Å². The summed E-state index contributed by atoms with van der Waals surface area (Å²) in [7, 11) is 0. The van der Waals surface area contributed by atoms with Crippen LogP contribution in [0.5, 0.6) is 0 Å². The maximum absolute atomic E-state index is 5.46. The van der Waals surface area contributed by atoms with Gasteiger partial charge in [-0.1, -0.05) is 19.8 Å². The summed E-state index contributed by atoms with van der Waals surface area (Å²) in [4.78, 5) is 7.59. The Morgan fingerprint density at radius 3 is 2.57 bits per heavy atom. The van der Waals surface area contributed by atoms with Crippen molar-refractivity contribution in [2.45, 2.75) is 82.8 Å². The third-order valence-corrected chi connectivity index (χ3v) is 6.58.